The van der Waals surface area contributed by atoms with Crippen LogP contribution in [0.3, 0.4) is 0 Å². The Morgan fingerprint density at radius 3 is 2.14 bits per heavy atom. The monoisotopic (exact) mass is 408 g/mol. The van der Waals surface area contributed by atoms with Crippen LogP contribution in [-0.2, 0) is 0 Å². The summed E-state index contributed by atoms with van der Waals surface area (Å²) in [5, 5.41) is 0.555. The molecule has 4 rings (SSSR count). The van der Waals surface area contributed by atoms with Crippen LogP contribution in [0.1, 0.15) is 5.82 Å². The first kappa shape index (κ1) is 19.2. The maximum atomic E-state index is 6.36. The standard InChI is InChI=1S/C23H21ClN2O3/c1-14-25-21-7-5-15(16-9-18(27-2)13-19(10-16)28-3)11-22(21)26(14)17-6-8-23(29-4)20(24)12-17/h5-13H,1-4H3. The van der Waals surface area contributed by atoms with E-state index in [9.17, 15) is 0 Å². The lowest BCUT2D eigenvalue weighted by atomic mass is 10.0. The number of methoxy groups -OCH3 is 3. The Morgan fingerprint density at radius 1 is 0.793 bits per heavy atom. The quantitative estimate of drug-likeness (QED) is 0.426. The Morgan fingerprint density at radius 2 is 1.52 bits per heavy atom. The van der Waals surface area contributed by atoms with Gasteiger partial charge in [-0.3, -0.25) is 4.57 Å². The van der Waals surface area contributed by atoms with E-state index in [1.165, 1.54) is 0 Å². The molecule has 0 amide bonds. The van der Waals surface area contributed by atoms with Crippen LogP contribution >= 0.6 is 11.6 Å². The van der Waals surface area contributed by atoms with Gasteiger partial charge in [-0.05, 0) is 60.5 Å². The summed E-state index contributed by atoms with van der Waals surface area (Å²) in [6.45, 7) is 1.98. The number of aromatic nitrogens is 2. The summed E-state index contributed by atoms with van der Waals surface area (Å²) in [6.07, 6.45) is 0. The molecule has 29 heavy (non-hydrogen) atoms. The van der Waals surface area contributed by atoms with Gasteiger partial charge < -0.3 is 14.2 Å². The minimum Gasteiger partial charge on any atom is -0.497 e. The number of nitrogens with zero attached hydrogens (tertiary/aromatic N) is 2. The maximum Gasteiger partial charge on any atom is 0.137 e. The number of hydrogen-bond donors (Lipinski definition) is 0. The summed E-state index contributed by atoms with van der Waals surface area (Å²) in [6, 6.07) is 17.7. The maximum absolute atomic E-state index is 6.36. The summed E-state index contributed by atoms with van der Waals surface area (Å²) in [5.41, 5.74) is 4.86. The number of imidazole rings is 1. The van der Waals surface area contributed by atoms with Gasteiger partial charge in [-0.15, -0.1) is 0 Å². The highest BCUT2D eigenvalue weighted by Gasteiger charge is 2.13. The third-order valence-electron chi connectivity index (χ3n) is 4.90. The van der Waals surface area contributed by atoms with Crippen molar-refractivity contribution in [3.8, 4) is 34.1 Å². The number of halogens is 1. The molecule has 3 aromatic carbocycles. The third kappa shape index (κ3) is 3.49. The number of fused-ring (bicyclic) bond motifs is 1. The third-order valence-corrected chi connectivity index (χ3v) is 5.20. The van der Waals surface area contributed by atoms with Crippen molar-refractivity contribution in [1.82, 2.24) is 9.55 Å². The van der Waals surface area contributed by atoms with Crippen molar-refractivity contribution in [3.05, 3.63) is 65.4 Å². The lowest BCUT2D eigenvalue weighted by Crippen LogP contribution is -1.97. The summed E-state index contributed by atoms with van der Waals surface area (Å²) in [7, 11) is 4.90. The van der Waals surface area contributed by atoms with E-state index in [4.69, 9.17) is 30.8 Å². The second-order valence-electron chi connectivity index (χ2n) is 6.62. The first-order chi connectivity index (χ1) is 14.0. The van der Waals surface area contributed by atoms with E-state index in [1.807, 2.05) is 55.5 Å². The zero-order valence-corrected chi connectivity index (χ0v) is 17.4. The molecule has 0 saturated carbocycles. The zero-order valence-electron chi connectivity index (χ0n) is 16.7. The van der Waals surface area contributed by atoms with Gasteiger partial charge in [-0.25, -0.2) is 4.98 Å². The molecule has 5 nitrogen and oxygen atoms in total. The zero-order chi connectivity index (χ0) is 20.5. The smallest absolute Gasteiger partial charge is 0.137 e. The number of rotatable bonds is 5. The van der Waals surface area contributed by atoms with Gasteiger partial charge in [0.25, 0.3) is 0 Å². The Kier molecular flexibility index (Phi) is 5.07. The molecule has 6 heteroatoms. The number of ether oxygens (including phenoxy) is 3. The van der Waals surface area contributed by atoms with E-state index in [-0.39, 0.29) is 0 Å². The molecule has 0 aliphatic rings. The van der Waals surface area contributed by atoms with E-state index in [0.29, 0.717) is 10.8 Å². The van der Waals surface area contributed by atoms with E-state index in [2.05, 4.69) is 10.6 Å². The van der Waals surface area contributed by atoms with E-state index >= 15 is 0 Å². The molecule has 0 radical (unpaired) electrons. The van der Waals surface area contributed by atoms with Crippen LogP contribution in [0.2, 0.25) is 5.02 Å². The summed E-state index contributed by atoms with van der Waals surface area (Å²) < 4.78 is 18.2. The van der Waals surface area contributed by atoms with Crippen LogP contribution in [0.5, 0.6) is 17.2 Å². The van der Waals surface area contributed by atoms with Crippen molar-refractivity contribution in [1.29, 1.82) is 0 Å². The van der Waals surface area contributed by atoms with Crippen LogP contribution in [0.4, 0.5) is 0 Å². The van der Waals surface area contributed by atoms with Gasteiger partial charge in [0.15, 0.2) is 0 Å². The SMILES string of the molecule is COc1cc(OC)cc(-c2ccc3nc(C)n(-c4ccc(OC)c(Cl)c4)c3c2)c1. The summed E-state index contributed by atoms with van der Waals surface area (Å²) in [4.78, 5) is 4.70. The molecule has 1 aromatic heterocycles. The predicted octanol–water partition coefficient (Wildman–Crippen LogP) is 5.68. The van der Waals surface area contributed by atoms with Crippen molar-refractivity contribution in [3.63, 3.8) is 0 Å². The van der Waals surface area contributed by atoms with E-state index in [0.717, 1.165) is 45.2 Å². The molecule has 0 atom stereocenters. The van der Waals surface area contributed by atoms with Crippen molar-refractivity contribution in [2.45, 2.75) is 6.92 Å². The van der Waals surface area contributed by atoms with Crippen molar-refractivity contribution in [2.24, 2.45) is 0 Å². The second kappa shape index (κ2) is 7.68. The molecule has 148 valence electrons. The summed E-state index contributed by atoms with van der Waals surface area (Å²) >= 11 is 6.36. The predicted molar refractivity (Wildman–Crippen MR) is 116 cm³/mol. The number of aryl methyl sites for hydroxylation is 1. The molecule has 4 aromatic rings. The molecule has 0 aliphatic carbocycles. The lowest BCUT2D eigenvalue weighted by molar-refractivity contribution is 0.394. The molecule has 0 saturated heterocycles. The van der Waals surface area contributed by atoms with Crippen molar-refractivity contribution < 1.29 is 14.2 Å². The minimum absolute atomic E-state index is 0.555. The Hall–Kier alpha value is -3.18. The normalized spacial score (nSPS) is 10.9. The summed E-state index contributed by atoms with van der Waals surface area (Å²) in [5.74, 6) is 3.00. The molecule has 0 fully saturated rings. The van der Waals surface area contributed by atoms with Gasteiger partial charge in [-0.1, -0.05) is 17.7 Å². The Balaban J connectivity index is 1.89. The van der Waals surface area contributed by atoms with Crippen LogP contribution in [0.25, 0.3) is 27.8 Å². The largest absolute Gasteiger partial charge is 0.497 e. The van der Waals surface area contributed by atoms with E-state index in [1.54, 1.807) is 21.3 Å². The van der Waals surface area contributed by atoms with Crippen LogP contribution < -0.4 is 14.2 Å². The topological polar surface area (TPSA) is 45.5 Å². The van der Waals surface area contributed by atoms with Crippen molar-refractivity contribution >= 4 is 22.6 Å². The van der Waals surface area contributed by atoms with Gasteiger partial charge in [0.1, 0.15) is 23.1 Å². The molecular formula is C23H21ClN2O3. The fourth-order valence-electron chi connectivity index (χ4n) is 3.47. The number of benzene rings is 3. The van der Waals surface area contributed by atoms with Crippen molar-refractivity contribution in [2.75, 3.05) is 21.3 Å². The lowest BCUT2D eigenvalue weighted by Gasteiger charge is -2.11. The highest BCUT2D eigenvalue weighted by atomic mass is 35.5. The van der Waals surface area contributed by atoms with Gasteiger partial charge in [0, 0.05) is 11.8 Å². The Labute approximate surface area is 174 Å². The minimum atomic E-state index is 0.555. The Bertz CT molecular complexity index is 1180. The highest BCUT2D eigenvalue weighted by Crippen LogP contribution is 2.33. The average molecular weight is 409 g/mol. The highest BCUT2D eigenvalue weighted by molar-refractivity contribution is 6.32. The molecule has 0 unspecified atom stereocenters. The average Bonchev–Trinajstić information content (AvgIpc) is 3.08. The number of hydrogen-bond acceptors (Lipinski definition) is 4. The molecule has 1 heterocycles. The van der Waals surface area contributed by atoms with Crippen LogP contribution in [-0.4, -0.2) is 30.9 Å². The molecule has 0 N–H and O–H groups in total. The van der Waals surface area contributed by atoms with E-state index < -0.39 is 0 Å². The fraction of sp³-hybridized carbons (Fsp3) is 0.174. The van der Waals surface area contributed by atoms with Gasteiger partial charge in [-0.2, -0.15) is 0 Å². The molecular weight excluding hydrogens is 388 g/mol. The van der Waals surface area contributed by atoms with Gasteiger partial charge >= 0.3 is 0 Å². The molecule has 0 aliphatic heterocycles. The van der Waals surface area contributed by atoms with Crippen LogP contribution in [0.15, 0.2) is 54.6 Å². The van der Waals surface area contributed by atoms with Gasteiger partial charge in [0.2, 0.25) is 0 Å². The first-order valence-corrected chi connectivity index (χ1v) is 9.48. The first-order valence-electron chi connectivity index (χ1n) is 9.10. The molecule has 0 spiro atoms. The van der Waals surface area contributed by atoms with Crippen LogP contribution in [0, 0.1) is 6.92 Å². The van der Waals surface area contributed by atoms with Gasteiger partial charge in [0.05, 0.1) is 37.4 Å². The second-order valence-corrected chi connectivity index (χ2v) is 7.03. The molecule has 0 bridgehead atoms. The fourth-order valence-corrected chi connectivity index (χ4v) is 3.72.